The maximum atomic E-state index is 11.4. The smallest absolute Gasteiger partial charge is 0.222 e. The summed E-state index contributed by atoms with van der Waals surface area (Å²) in [4.78, 5) is 15.3. The molecular weight excluding hydrogens is 194 g/mol. The zero-order chi connectivity index (χ0) is 11.1. The average Bonchev–Trinajstić information content (AvgIpc) is 2.67. The third-order valence-electron chi connectivity index (χ3n) is 2.13. The Balaban J connectivity index is 2.19. The minimum absolute atomic E-state index is 0.00431. The third kappa shape index (κ3) is 4.60. The molecule has 0 radical (unpaired) electrons. The Kier molecular flexibility index (Phi) is 4.83. The van der Waals surface area contributed by atoms with Gasteiger partial charge in [0.2, 0.25) is 5.91 Å². The van der Waals surface area contributed by atoms with Crippen molar-refractivity contribution in [2.45, 2.75) is 32.4 Å². The molecule has 1 atom stereocenters. The Morgan fingerprint density at radius 1 is 1.67 bits per heavy atom. The van der Waals surface area contributed by atoms with Crippen LogP contribution in [0.2, 0.25) is 0 Å². The van der Waals surface area contributed by atoms with Gasteiger partial charge in [0, 0.05) is 38.0 Å². The highest BCUT2D eigenvalue weighted by molar-refractivity contribution is 5.76. The molecule has 1 aromatic heterocycles. The molecular formula is C10H17N3O2. The van der Waals surface area contributed by atoms with E-state index in [0.29, 0.717) is 19.4 Å². The number of aromatic nitrogens is 2. The van der Waals surface area contributed by atoms with Crippen LogP contribution >= 0.6 is 0 Å². The molecule has 2 N–H and O–H groups in total. The van der Waals surface area contributed by atoms with Gasteiger partial charge in [0.15, 0.2) is 0 Å². The molecule has 0 aliphatic carbocycles. The summed E-state index contributed by atoms with van der Waals surface area (Å²) in [6.45, 7) is 2.62. The SMILES string of the molecule is CC(CCO)NC(=O)CCn1ccnc1. The van der Waals surface area contributed by atoms with E-state index in [-0.39, 0.29) is 18.6 Å². The fourth-order valence-electron chi connectivity index (χ4n) is 1.26. The van der Waals surface area contributed by atoms with Crippen LogP contribution in [0.3, 0.4) is 0 Å². The minimum Gasteiger partial charge on any atom is -0.396 e. The normalized spacial score (nSPS) is 12.4. The minimum atomic E-state index is 0.00431. The summed E-state index contributed by atoms with van der Waals surface area (Å²) in [6, 6.07) is 0.0327. The molecule has 5 heteroatoms. The van der Waals surface area contributed by atoms with Gasteiger partial charge < -0.3 is 15.0 Å². The van der Waals surface area contributed by atoms with Crippen molar-refractivity contribution < 1.29 is 9.90 Å². The van der Waals surface area contributed by atoms with Crippen LogP contribution in [-0.2, 0) is 11.3 Å². The first-order valence-corrected chi connectivity index (χ1v) is 5.08. The summed E-state index contributed by atoms with van der Waals surface area (Å²) in [5.74, 6) is 0.00431. The standard InChI is InChI=1S/C10H17N3O2/c1-9(3-7-14)12-10(15)2-5-13-6-4-11-8-13/h4,6,8-9,14H,2-3,5,7H2,1H3,(H,12,15). The van der Waals surface area contributed by atoms with Crippen molar-refractivity contribution in [2.24, 2.45) is 0 Å². The van der Waals surface area contributed by atoms with Gasteiger partial charge in [0.05, 0.1) is 6.33 Å². The van der Waals surface area contributed by atoms with E-state index < -0.39 is 0 Å². The number of nitrogens with zero attached hydrogens (tertiary/aromatic N) is 2. The van der Waals surface area contributed by atoms with Crippen molar-refractivity contribution in [3.8, 4) is 0 Å². The number of carbonyl (C=O) groups excluding carboxylic acids is 1. The monoisotopic (exact) mass is 211 g/mol. The highest BCUT2D eigenvalue weighted by atomic mass is 16.3. The Morgan fingerprint density at radius 2 is 2.47 bits per heavy atom. The summed E-state index contributed by atoms with van der Waals surface area (Å²) in [5, 5.41) is 11.5. The Hall–Kier alpha value is -1.36. The highest BCUT2D eigenvalue weighted by Gasteiger charge is 2.06. The lowest BCUT2D eigenvalue weighted by Crippen LogP contribution is -2.33. The van der Waals surface area contributed by atoms with Gasteiger partial charge in [-0.25, -0.2) is 4.98 Å². The van der Waals surface area contributed by atoms with Crippen molar-refractivity contribution >= 4 is 5.91 Å². The molecule has 15 heavy (non-hydrogen) atoms. The molecule has 0 saturated heterocycles. The summed E-state index contributed by atoms with van der Waals surface area (Å²) >= 11 is 0. The predicted octanol–water partition coefficient (Wildman–Crippen LogP) is 0.160. The van der Waals surface area contributed by atoms with Crippen LogP contribution in [0.25, 0.3) is 0 Å². The van der Waals surface area contributed by atoms with Crippen LogP contribution in [0.15, 0.2) is 18.7 Å². The van der Waals surface area contributed by atoms with Crippen LogP contribution in [-0.4, -0.2) is 33.2 Å². The predicted molar refractivity (Wildman–Crippen MR) is 56.2 cm³/mol. The van der Waals surface area contributed by atoms with Gasteiger partial charge in [-0.2, -0.15) is 0 Å². The number of amides is 1. The second-order valence-corrected chi connectivity index (χ2v) is 3.53. The first-order valence-electron chi connectivity index (χ1n) is 5.08. The fourth-order valence-corrected chi connectivity index (χ4v) is 1.26. The number of nitrogens with one attached hydrogen (secondary N) is 1. The van der Waals surface area contributed by atoms with Gasteiger partial charge in [-0.15, -0.1) is 0 Å². The van der Waals surface area contributed by atoms with Gasteiger partial charge in [-0.1, -0.05) is 0 Å². The lowest BCUT2D eigenvalue weighted by molar-refractivity contribution is -0.122. The van der Waals surface area contributed by atoms with Crippen molar-refractivity contribution in [3.05, 3.63) is 18.7 Å². The van der Waals surface area contributed by atoms with Crippen molar-refractivity contribution in [3.63, 3.8) is 0 Å². The van der Waals surface area contributed by atoms with Gasteiger partial charge >= 0.3 is 0 Å². The largest absolute Gasteiger partial charge is 0.396 e. The van der Waals surface area contributed by atoms with E-state index >= 15 is 0 Å². The number of hydrogen-bond donors (Lipinski definition) is 2. The van der Waals surface area contributed by atoms with Crippen molar-refractivity contribution in [2.75, 3.05) is 6.61 Å². The van der Waals surface area contributed by atoms with E-state index in [1.807, 2.05) is 17.7 Å². The van der Waals surface area contributed by atoms with E-state index in [2.05, 4.69) is 10.3 Å². The number of aliphatic hydroxyl groups is 1. The van der Waals surface area contributed by atoms with Crippen LogP contribution in [0, 0.1) is 0 Å². The topological polar surface area (TPSA) is 67.2 Å². The Labute approximate surface area is 89.1 Å². The van der Waals surface area contributed by atoms with Crippen LogP contribution in [0.5, 0.6) is 0 Å². The van der Waals surface area contributed by atoms with Gasteiger partial charge in [-0.05, 0) is 13.3 Å². The van der Waals surface area contributed by atoms with Crippen LogP contribution in [0.4, 0.5) is 0 Å². The molecule has 84 valence electrons. The number of hydrogen-bond acceptors (Lipinski definition) is 3. The lowest BCUT2D eigenvalue weighted by atomic mass is 10.2. The van der Waals surface area contributed by atoms with E-state index in [9.17, 15) is 4.79 Å². The fraction of sp³-hybridized carbons (Fsp3) is 0.600. The molecule has 0 aromatic carbocycles. The average molecular weight is 211 g/mol. The zero-order valence-corrected chi connectivity index (χ0v) is 8.89. The Bertz CT molecular complexity index is 285. The van der Waals surface area contributed by atoms with Gasteiger partial charge in [0.1, 0.15) is 0 Å². The molecule has 1 amide bonds. The van der Waals surface area contributed by atoms with E-state index in [4.69, 9.17) is 5.11 Å². The molecule has 0 fully saturated rings. The summed E-state index contributed by atoms with van der Waals surface area (Å²) in [5.41, 5.74) is 0. The molecule has 0 aliphatic rings. The molecule has 5 nitrogen and oxygen atoms in total. The number of aryl methyl sites for hydroxylation is 1. The van der Waals surface area contributed by atoms with Crippen LogP contribution in [0.1, 0.15) is 19.8 Å². The molecule has 0 aliphatic heterocycles. The number of aliphatic hydroxyl groups excluding tert-OH is 1. The first kappa shape index (κ1) is 11.7. The van der Waals surface area contributed by atoms with Gasteiger partial charge in [0.25, 0.3) is 0 Å². The molecule has 1 unspecified atom stereocenters. The maximum absolute atomic E-state index is 11.4. The van der Waals surface area contributed by atoms with Crippen molar-refractivity contribution in [1.29, 1.82) is 0 Å². The zero-order valence-electron chi connectivity index (χ0n) is 8.89. The maximum Gasteiger partial charge on any atom is 0.222 e. The van der Waals surface area contributed by atoms with Crippen molar-refractivity contribution in [1.82, 2.24) is 14.9 Å². The summed E-state index contributed by atoms with van der Waals surface area (Å²) in [7, 11) is 0. The number of carbonyl (C=O) groups is 1. The van der Waals surface area contributed by atoms with E-state index in [1.165, 1.54) is 0 Å². The first-order chi connectivity index (χ1) is 7.22. The number of imidazole rings is 1. The second kappa shape index (κ2) is 6.19. The molecule has 1 aromatic rings. The molecule has 1 rings (SSSR count). The van der Waals surface area contributed by atoms with E-state index in [0.717, 1.165) is 0 Å². The summed E-state index contributed by atoms with van der Waals surface area (Å²) < 4.78 is 1.86. The van der Waals surface area contributed by atoms with Crippen LogP contribution < -0.4 is 5.32 Å². The second-order valence-electron chi connectivity index (χ2n) is 3.53. The molecule has 1 heterocycles. The quantitative estimate of drug-likeness (QED) is 0.704. The highest BCUT2D eigenvalue weighted by Crippen LogP contribution is 1.93. The molecule has 0 spiro atoms. The van der Waals surface area contributed by atoms with E-state index in [1.54, 1.807) is 12.5 Å². The molecule has 0 bridgehead atoms. The molecule has 0 saturated carbocycles. The number of rotatable bonds is 6. The lowest BCUT2D eigenvalue weighted by Gasteiger charge is -2.12. The summed E-state index contributed by atoms with van der Waals surface area (Å²) in [6.07, 6.45) is 6.23. The third-order valence-corrected chi connectivity index (χ3v) is 2.13. The Morgan fingerprint density at radius 3 is 3.07 bits per heavy atom. The van der Waals surface area contributed by atoms with Gasteiger partial charge in [-0.3, -0.25) is 4.79 Å².